The van der Waals surface area contributed by atoms with Crippen molar-refractivity contribution in [3.05, 3.63) is 493 Å². The second-order valence-corrected chi connectivity index (χ2v) is 25.1. The van der Waals surface area contributed by atoms with E-state index in [1.54, 1.807) is 0 Å². The molecule has 0 N–H and O–H groups in total. The van der Waals surface area contributed by atoms with E-state index >= 15 is 0 Å². The summed E-state index contributed by atoms with van der Waals surface area (Å²) >= 11 is 0. The van der Waals surface area contributed by atoms with Gasteiger partial charge in [-0.05, 0) is 185 Å². The van der Waals surface area contributed by atoms with Crippen molar-refractivity contribution in [3.8, 4) is 44.5 Å². The molecule has 0 radical (unpaired) electrons. The number of hydrogen-bond acceptors (Lipinski definition) is 2. The first kappa shape index (κ1) is 64.6. The highest BCUT2D eigenvalue weighted by molar-refractivity contribution is 6.06. The minimum absolute atomic E-state index is 1.10. The average molecular weight is 1300 g/mol. The molecule has 0 spiro atoms. The number of para-hydroxylation sites is 3. The Hall–Kier alpha value is -13.4. The zero-order chi connectivity index (χ0) is 68.5. The first-order chi connectivity index (χ1) is 50.6. The molecule has 0 atom stereocenters. The molecule has 0 saturated heterocycles. The predicted molar refractivity (Wildman–Crippen MR) is 433 cm³/mol. The monoisotopic (exact) mass is 1300 g/mol. The van der Waals surface area contributed by atoms with Gasteiger partial charge >= 0.3 is 0 Å². The number of anilines is 6. The van der Waals surface area contributed by atoms with E-state index < -0.39 is 0 Å². The quantitative estimate of drug-likeness (QED) is 0.0790. The van der Waals surface area contributed by atoms with Crippen LogP contribution in [0.4, 0.5) is 34.1 Å². The highest BCUT2D eigenvalue weighted by atomic mass is 15.1. The summed E-state index contributed by atoms with van der Waals surface area (Å²) in [6, 6.07) is 160. The molecule has 16 rings (SSSR count). The standard InChI is InChI=1S/2C50H37N/c1-6-19-39(20-7-1)47-31-16-17-32-48(47)51(45-29-14-5-15-30-45)46-35-33-38(34-36-46)43-27-18-28-44(37-43)50(42-25-12-4-13-26-42)49(40-21-8-2-9-22-40)41-23-10-3-11-24-41;1-6-17-38(18-7-1)39-29-33-47(34-30-39)51(46-27-14-5-15-28-46)48-35-31-40(32-36-48)44-25-16-26-45(37-44)50(43-23-12-4-13-24-43)49(41-19-8-2-9-20-41)42-21-10-3-11-22-42/h2*1-37H. The Labute approximate surface area is 600 Å². The van der Waals surface area contributed by atoms with Gasteiger partial charge in [0, 0.05) is 34.0 Å². The van der Waals surface area contributed by atoms with Crippen molar-refractivity contribution in [2.24, 2.45) is 0 Å². The molecule has 102 heavy (non-hydrogen) atoms. The fraction of sp³-hybridized carbons (Fsp3) is 0. The number of nitrogens with zero attached hydrogens (tertiary/aromatic N) is 2. The molecule has 0 aromatic heterocycles. The van der Waals surface area contributed by atoms with Crippen LogP contribution in [-0.2, 0) is 0 Å². The maximum absolute atomic E-state index is 2.35. The molecule has 2 nitrogen and oxygen atoms in total. The largest absolute Gasteiger partial charge is 0.311 e. The van der Waals surface area contributed by atoms with Crippen molar-refractivity contribution in [1.82, 2.24) is 0 Å². The van der Waals surface area contributed by atoms with Crippen molar-refractivity contribution in [1.29, 1.82) is 0 Å². The van der Waals surface area contributed by atoms with Crippen LogP contribution < -0.4 is 9.80 Å². The van der Waals surface area contributed by atoms with Gasteiger partial charge in [0.25, 0.3) is 0 Å². The van der Waals surface area contributed by atoms with Gasteiger partial charge in [0.05, 0.1) is 5.69 Å². The van der Waals surface area contributed by atoms with Gasteiger partial charge in [0.15, 0.2) is 0 Å². The van der Waals surface area contributed by atoms with Crippen LogP contribution in [0.15, 0.2) is 449 Å². The molecule has 16 aromatic carbocycles. The lowest BCUT2D eigenvalue weighted by molar-refractivity contribution is 1.28. The Kier molecular flexibility index (Phi) is 19.9. The van der Waals surface area contributed by atoms with Crippen LogP contribution >= 0.6 is 0 Å². The van der Waals surface area contributed by atoms with Crippen molar-refractivity contribution < 1.29 is 0 Å². The van der Waals surface area contributed by atoms with E-state index in [-0.39, 0.29) is 0 Å². The van der Waals surface area contributed by atoms with Gasteiger partial charge < -0.3 is 9.80 Å². The van der Waals surface area contributed by atoms with E-state index in [1.807, 2.05) is 0 Å². The summed E-state index contributed by atoms with van der Waals surface area (Å²) in [7, 11) is 0. The SMILES string of the molecule is c1ccc(C(=C(c2ccccc2)c2cccc(-c3ccc(N(c4ccccc4)c4ccc(-c5ccccc5)cc4)cc3)c2)c2ccccc2)cc1.c1ccc(C(=C(c2ccccc2)c2cccc(-c3ccc(N(c4ccccc4)c4ccccc4-c4ccccc4)cc3)c2)c2ccccc2)cc1. The molecule has 0 aliphatic heterocycles. The van der Waals surface area contributed by atoms with Gasteiger partial charge in [-0.15, -0.1) is 0 Å². The Morgan fingerprint density at radius 1 is 0.137 bits per heavy atom. The summed E-state index contributed by atoms with van der Waals surface area (Å²) < 4.78 is 0. The first-order valence-electron chi connectivity index (χ1n) is 34.9. The molecule has 0 saturated carbocycles. The van der Waals surface area contributed by atoms with E-state index in [0.29, 0.717) is 0 Å². The summed E-state index contributed by atoms with van der Waals surface area (Å²) in [5, 5.41) is 0. The second kappa shape index (κ2) is 31.4. The van der Waals surface area contributed by atoms with Crippen molar-refractivity contribution >= 4 is 56.4 Å². The predicted octanol–water partition coefficient (Wildman–Crippen LogP) is 27.0. The topological polar surface area (TPSA) is 6.48 Å². The van der Waals surface area contributed by atoms with E-state index in [0.717, 1.165) is 34.1 Å². The smallest absolute Gasteiger partial charge is 0.0540 e. The number of benzene rings is 16. The highest BCUT2D eigenvalue weighted by Gasteiger charge is 2.22. The van der Waals surface area contributed by atoms with Crippen LogP contribution in [0.2, 0.25) is 0 Å². The van der Waals surface area contributed by atoms with Crippen LogP contribution in [0.25, 0.3) is 66.8 Å². The Balaban J connectivity index is 0.000000165. The molecular weight excluding hydrogens is 1230 g/mol. The molecule has 0 amide bonds. The third-order valence-electron chi connectivity index (χ3n) is 18.6. The molecule has 16 aromatic rings. The van der Waals surface area contributed by atoms with Gasteiger partial charge in [-0.25, -0.2) is 0 Å². The van der Waals surface area contributed by atoms with Gasteiger partial charge in [-0.3, -0.25) is 0 Å². The molecule has 0 aliphatic carbocycles. The van der Waals surface area contributed by atoms with E-state index in [9.17, 15) is 0 Å². The molecule has 0 bridgehead atoms. The Morgan fingerprint density at radius 2 is 0.353 bits per heavy atom. The van der Waals surface area contributed by atoms with Crippen LogP contribution in [0.5, 0.6) is 0 Å². The first-order valence-corrected chi connectivity index (χ1v) is 34.9. The van der Waals surface area contributed by atoms with Gasteiger partial charge in [0.2, 0.25) is 0 Å². The lowest BCUT2D eigenvalue weighted by atomic mass is 9.85. The van der Waals surface area contributed by atoms with E-state index in [1.165, 1.54) is 111 Å². The third-order valence-corrected chi connectivity index (χ3v) is 18.6. The summed E-state index contributed by atoms with van der Waals surface area (Å²) in [6.45, 7) is 0. The second-order valence-electron chi connectivity index (χ2n) is 25.1. The van der Waals surface area contributed by atoms with Gasteiger partial charge in [0.1, 0.15) is 0 Å². The lowest BCUT2D eigenvalue weighted by Gasteiger charge is -2.28. The van der Waals surface area contributed by atoms with Crippen molar-refractivity contribution in [2.75, 3.05) is 9.80 Å². The molecular formula is C100H74N2. The lowest BCUT2D eigenvalue weighted by Crippen LogP contribution is -2.11. The van der Waals surface area contributed by atoms with E-state index in [4.69, 9.17) is 0 Å². The summed E-state index contributed by atoms with van der Waals surface area (Å²) in [4.78, 5) is 4.67. The molecule has 0 fully saturated rings. The molecule has 0 heterocycles. The normalized spacial score (nSPS) is 10.7. The van der Waals surface area contributed by atoms with Crippen LogP contribution in [-0.4, -0.2) is 0 Å². The van der Waals surface area contributed by atoms with Crippen LogP contribution in [0, 0.1) is 0 Å². The summed E-state index contributed by atoms with van der Waals surface area (Å²) in [5.74, 6) is 0. The molecule has 0 unspecified atom stereocenters. The van der Waals surface area contributed by atoms with Gasteiger partial charge in [-0.1, -0.05) is 370 Å². The zero-order valence-electron chi connectivity index (χ0n) is 56.6. The highest BCUT2D eigenvalue weighted by Crippen LogP contribution is 2.44. The fourth-order valence-electron chi connectivity index (χ4n) is 13.8. The van der Waals surface area contributed by atoms with Crippen LogP contribution in [0.3, 0.4) is 0 Å². The summed E-state index contributed by atoms with van der Waals surface area (Å²) in [6.07, 6.45) is 0. The van der Waals surface area contributed by atoms with E-state index in [2.05, 4.69) is 459 Å². The fourth-order valence-corrected chi connectivity index (χ4v) is 13.8. The van der Waals surface area contributed by atoms with Crippen molar-refractivity contribution in [2.45, 2.75) is 0 Å². The maximum atomic E-state index is 2.35. The summed E-state index contributed by atoms with van der Waals surface area (Å²) in [5.41, 5.74) is 30.5. The third kappa shape index (κ3) is 14.7. The number of hydrogen-bond donors (Lipinski definition) is 0. The number of rotatable bonds is 18. The molecule has 0 aliphatic rings. The maximum Gasteiger partial charge on any atom is 0.0540 e. The molecule has 484 valence electrons. The zero-order valence-corrected chi connectivity index (χ0v) is 56.6. The van der Waals surface area contributed by atoms with Crippen LogP contribution in [0.1, 0.15) is 44.5 Å². The van der Waals surface area contributed by atoms with Gasteiger partial charge in [-0.2, -0.15) is 0 Å². The average Bonchev–Trinajstić information content (AvgIpc) is 0.787. The minimum Gasteiger partial charge on any atom is -0.311 e. The van der Waals surface area contributed by atoms with Crippen molar-refractivity contribution in [3.63, 3.8) is 0 Å². The Morgan fingerprint density at radius 3 is 0.696 bits per heavy atom. The Bertz CT molecular complexity index is 5320. The minimum atomic E-state index is 1.10. The molecule has 2 heteroatoms.